The Morgan fingerprint density at radius 1 is 0.846 bits per heavy atom. The summed E-state index contributed by atoms with van der Waals surface area (Å²) in [7, 11) is 0. The van der Waals surface area contributed by atoms with Crippen molar-refractivity contribution in [3.63, 3.8) is 0 Å². The van der Waals surface area contributed by atoms with E-state index in [0.717, 1.165) is 5.30 Å². The third-order valence-electron chi connectivity index (χ3n) is 1.93. The fourth-order valence-corrected chi connectivity index (χ4v) is 2.34. The summed E-state index contributed by atoms with van der Waals surface area (Å²) in [6.45, 7) is -1.02. The molecule has 0 saturated heterocycles. The van der Waals surface area contributed by atoms with E-state index >= 15 is 0 Å². The first-order chi connectivity index (χ1) is 6.27. The molecule has 0 atom stereocenters. The summed E-state index contributed by atoms with van der Waals surface area (Å²) in [4.78, 5) is 0. The van der Waals surface area contributed by atoms with Crippen molar-refractivity contribution in [2.24, 2.45) is 0 Å². The summed E-state index contributed by atoms with van der Waals surface area (Å²) in [6, 6.07) is 14.2. The second kappa shape index (κ2) is 3.84. The van der Waals surface area contributed by atoms with Crippen LogP contribution in [-0.2, 0) is 0 Å². The third kappa shape index (κ3) is 1.96. The molecule has 3 heteroatoms. The fraction of sp³-hybridized carbons (Fsp3) is 0. The summed E-state index contributed by atoms with van der Waals surface area (Å²) in [5.41, 5.74) is 0. The normalized spacial score (nSPS) is 11.0. The van der Waals surface area contributed by atoms with Gasteiger partial charge in [0, 0.05) is 5.30 Å². The Hall–Kier alpha value is -0.290. The molecule has 0 aliphatic rings. The highest BCUT2D eigenvalue weighted by Crippen LogP contribution is 2.45. The van der Waals surface area contributed by atoms with Gasteiger partial charge in [-0.05, 0) is 16.8 Å². The van der Waals surface area contributed by atoms with Crippen molar-refractivity contribution in [3.05, 3.63) is 42.5 Å². The quantitative estimate of drug-likeness (QED) is 0.641. The molecular formula is C10H7Cl2P. The van der Waals surface area contributed by atoms with Crippen LogP contribution in [-0.4, -0.2) is 0 Å². The summed E-state index contributed by atoms with van der Waals surface area (Å²) < 4.78 is 0. The highest BCUT2D eigenvalue weighted by molar-refractivity contribution is 8.08. The predicted molar refractivity (Wildman–Crippen MR) is 62.2 cm³/mol. The number of rotatable bonds is 1. The van der Waals surface area contributed by atoms with Gasteiger partial charge in [-0.3, -0.25) is 0 Å². The van der Waals surface area contributed by atoms with Crippen LogP contribution in [0.2, 0.25) is 0 Å². The topological polar surface area (TPSA) is 0 Å². The number of halogens is 2. The average Bonchev–Trinajstić information content (AvgIpc) is 2.17. The molecule has 2 aromatic carbocycles. The Bertz CT molecular complexity index is 426. The molecule has 2 aromatic rings. The number of hydrogen-bond acceptors (Lipinski definition) is 0. The van der Waals surface area contributed by atoms with E-state index in [1.54, 1.807) is 0 Å². The highest BCUT2D eigenvalue weighted by Gasteiger charge is 2.03. The maximum atomic E-state index is 5.83. The summed E-state index contributed by atoms with van der Waals surface area (Å²) in [5.74, 6) is 0. The minimum Gasteiger partial charge on any atom is -0.0727 e. The average molecular weight is 229 g/mol. The first-order valence-corrected chi connectivity index (χ1v) is 7.03. The van der Waals surface area contributed by atoms with Crippen LogP contribution in [0.1, 0.15) is 0 Å². The van der Waals surface area contributed by atoms with Gasteiger partial charge >= 0.3 is 0 Å². The van der Waals surface area contributed by atoms with Crippen LogP contribution in [0.3, 0.4) is 0 Å². The Balaban J connectivity index is 2.62. The van der Waals surface area contributed by atoms with E-state index in [-0.39, 0.29) is 0 Å². The standard InChI is InChI=1S/C10H7Cl2P/c11-13(12)10-6-5-8-3-1-2-4-9(8)7-10/h1-7H. The molecule has 0 unspecified atom stereocenters. The third-order valence-corrected chi connectivity index (χ3v) is 3.77. The lowest BCUT2D eigenvalue weighted by Gasteiger charge is -2.02. The van der Waals surface area contributed by atoms with Crippen molar-refractivity contribution in [2.45, 2.75) is 0 Å². The maximum Gasteiger partial charge on any atom is 0.116 e. The molecule has 0 spiro atoms. The fourth-order valence-electron chi connectivity index (χ4n) is 1.28. The molecule has 0 saturated carbocycles. The van der Waals surface area contributed by atoms with Gasteiger partial charge in [0.05, 0.1) is 0 Å². The van der Waals surface area contributed by atoms with Crippen LogP contribution in [0.15, 0.2) is 42.5 Å². The molecule has 0 aromatic heterocycles. The molecule has 2 rings (SSSR count). The van der Waals surface area contributed by atoms with Crippen LogP contribution in [0.25, 0.3) is 10.8 Å². The molecule has 0 aliphatic carbocycles. The Labute approximate surface area is 87.8 Å². The zero-order chi connectivity index (χ0) is 9.26. The lowest BCUT2D eigenvalue weighted by molar-refractivity contribution is 1.78. The lowest BCUT2D eigenvalue weighted by Crippen LogP contribution is -1.92. The van der Waals surface area contributed by atoms with Crippen LogP contribution in [0.5, 0.6) is 0 Å². The lowest BCUT2D eigenvalue weighted by atomic mass is 10.1. The van der Waals surface area contributed by atoms with Gasteiger partial charge in [-0.2, -0.15) is 0 Å². The minimum atomic E-state index is -1.02. The molecule has 0 heterocycles. The van der Waals surface area contributed by atoms with Crippen LogP contribution >= 0.6 is 29.1 Å². The van der Waals surface area contributed by atoms with Crippen molar-refractivity contribution in [1.29, 1.82) is 0 Å². The van der Waals surface area contributed by atoms with Crippen molar-refractivity contribution in [2.75, 3.05) is 0 Å². The largest absolute Gasteiger partial charge is 0.116 e. The Kier molecular flexibility index (Phi) is 2.74. The second-order valence-electron chi connectivity index (χ2n) is 2.76. The van der Waals surface area contributed by atoms with Gasteiger partial charge in [0.15, 0.2) is 0 Å². The van der Waals surface area contributed by atoms with Crippen molar-refractivity contribution in [3.8, 4) is 0 Å². The Morgan fingerprint density at radius 3 is 2.23 bits per heavy atom. The van der Waals surface area contributed by atoms with Gasteiger partial charge in [-0.25, -0.2) is 0 Å². The smallest absolute Gasteiger partial charge is 0.0727 e. The predicted octanol–water partition coefficient (Wildman–Crippen LogP) is 4.25. The molecule has 0 nitrogen and oxygen atoms in total. The summed E-state index contributed by atoms with van der Waals surface area (Å²) in [6.07, 6.45) is 0. The number of fused-ring (bicyclic) bond motifs is 1. The van der Waals surface area contributed by atoms with E-state index in [2.05, 4.69) is 12.1 Å². The van der Waals surface area contributed by atoms with Gasteiger partial charge in [0.2, 0.25) is 0 Å². The highest BCUT2D eigenvalue weighted by atomic mass is 35.9. The molecular weight excluding hydrogens is 222 g/mol. The van der Waals surface area contributed by atoms with Crippen LogP contribution < -0.4 is 5.30 Å². The SMILES string of the molecule is ClP(Cl)c1ccc2ccccc2c1. The van der Waals surface area contributed by atoms with Gasteiger partial charge in [-0.15, -0.1) is 0 Å². The minimum absolute atomic E-state index is 1.01. The number of benzene rings is 2. The number of hydrogen-bond donors (Lipinski definition) is 0. The van der Waals surface area contributed by atoms with Crippen molar-refractivity contribution in [1.82, 2.24) is 0 Å². The first kappa shape index (κ1) is 9.27. The van der Waals surface area contributed by atoms with Gasteiger partial charge in [0.1, 0.15) is 6.63 Å². The van der Waals surface area contributed by atoms with E-state index in [1.165, 1.54) is 10.8 Å². The monoisotopic (exact) mass is 228 g/mol. The van der Waals surface area contributed by atoms with Gasteiger partial charge in [-0.1, -0.05) is 58.9 Å². The molecule has 66 valence electrons. The molecule has 13 heavy (non-hydrogen) atoms. The van der Waals surface area contributed by atoms with E-state index in [1.807, 2.05) is 30.3 Å². The van der Waals surface area contributed by atoms with E-state index in [4.69, 9.17) is 22.5 Å². The molecule has 0 N–H and O–H groups in total. The van der Waals surface area contributed by atoms with E-state index < -0.39 is 6.63 Å². The van der Waals surface area contributed by atoms with Gasteiger partial charge in [0.25, 0.3) is 0 Å². The zero-order valence-corrected chi connectivity index (χ0v) is 9.15. The van der Waals surface area contributed by atoms with E-state index in [9.17, 15) is 0 Å². The molecule has 0 radical (unpaired) electrons. The summed E-state index contributed by atoms with van der Waals surface area (Å²) in [5, 5.41) is 3.42. The zero-order valence-electron chi connectivity index (χ0n) is 6.74. The van der Waals surface area contributed by atoms with Crippen LogP contribution in [0.4, 0.5) is 0 Å². The Morgan fingerprint density at radius 2 is 1.54 bits per heavy atom. The molecule has 0 amide bonds. The van der Waals surface area contributed by atoms with Crippen LogP contribution in [0, 0.1) is 0 Å². The molecule has 0 fully saturated rings. The summed E-state index contributed by atoms with van der Waals surface area (Å²) >= 11 is 11.7. The maximum absolute atomic E-state index is 5.83. The molecule has 0 aliphatic heterocycles. The van der Waals surface area contributed by atoms with Gasteiger partial charge < -0.3 is 0 Å². The van der Waals surface area contributed by atoms with Crippen molar-refractivity contribution >= 4 is 45.2 Å². The van der Waals surface area contributed by atoms with Crippen molar-refractivity contribution < 1.29 is 0 Å². The molecule has 0 bridgehead atoms. The first-order valence-electron chi connectivity index (χ1n) is 3.88. The second-order valence-corrected chi connectivity index (χ2v) is 6.29. The van der Waals surface area contributed by atoms with E-state index in [0.29, 0.717) is 0 Å².